The molecule has 2 rings (SSSR count). The lowest BCUT2D eigenvalue weighted by atomic mass is 9.97. The van der Waals surface area contributed by atoms with E-state index < -0.39 is 0 Å². The minimum Gasteiger partial charge on any atom is -0.461 e. The Morgan fingerprint density at radius 1 is 1.38 bits per heavy atom. The molecule has 1 atom stereocenters. The van der Waals surface area contributed by atoms with E-state index in [0.717, 1.165) is 23.5 Å². The maximum Gasteiger partial charge on any atom is 0.134 e. The van der Waals surface area contributed by atoms with Crippen LogP contribution in [0.25, 0.3) is 11.0 Å². The van der Waals surface area contributed by atoms with Crippen LogP contribution in [0.2, 0.25) is 0 Å². The first-order valence-electron chi connectivity index (χ1n) is 5.89. The largest absolute Gasteiger partial charge is 0.461 e. The molecule has 16 heavy (non-hydrogen) atoms. The fourth-order valence-electron chi connectivity index (χ4n) is 2.04. The second-order valence-electron chi connectivity index (χ2n) is 4.61. The van der Waals surface area contributed by atoms with E-state index in [4.69, 9.17) is 10.2 Å². The van der Waals surface area contributed by atoms with Crippen molar-refractivity contribution in [3.8, 4) is 0 Å². The third kappa shape index (κ3) is 1.92. The number of furan rings is 1. The van der Waals surface area contributed by atoms with E-state index in [9.17, 15) is 0 Å². The summed E-state index contributed by atoms with van der Waals surface area (Å²) in [6.45, 7) is 6.52. The molecule has 2 heteroatoms. The lowest BCUT2D eigenvalue weighted by Crippen LogP contribution is -1.98. The molecular weight excluding hydrogens is 198 g/mol. The molecule has 0 spiro atoms. The molecule has 2 N–H and O–H groups in total. The second-order valence-corrected chi connectivity index (χ2v) is 4.61. The van der Waals surface area contributed by atoms with E-state index in [2.05, 4.69) is 13.8 Å². The van der Waals surface area contributed by atoms with Crippen molar-refractivity contribution >= 4 is 16.7 Å². The molecule has 0 saturated heterocycles. The molecule has 86 valence electrons. The van der Waals surface area contributed by atoms with Gasteiger partial charge in [0.2, 0.25) is 0 Å². The van der Waals surface area contributed by atoms with Gasteiger partial charge in [-0.3, -0.25) is 0 Å². The molecule has 2 aromatic rings. The van der Waals surface area contributed by atoms with Gasteiger partial charge in [0.1, 0.15) is 11.3 Å². The minimum absolute atomic E-state index is 0.681. The van der Waals surface area contributed by atoms with Gasteiger partial charge >= 0.3 is 0 Å². The molecule has 1 heterocycles. The molecule has 0 amide bonds. The predicted molar refractivity (Wildman–Crippen MR) is 68.5 cm³/mol. The summed E-state index contributed by atoms with van der Waals surface area (Å²) in [6, 6.07) is 5.86. The smallest absolute Gasteiger partial charge is 0.134 e. The Balaban J connectivity index is 2.50. The monoisotopic (exact) mass is 217 g/mol. The van der Waals surface area contributed by atoms with Crippen molar-refractivity contribution in [1.29, 1.82) is 0 Å². The fraction of sp³-hybridized carbons (Fsp3) is 0.429. The summed E-state index contributed by atoms with van der Waals surface area (Å²) in [6.07, 6.45) is 2.26. The number of rotatable bonds is 3. The Labute approximate surface area is 96.4 Å². The van der Waals surface area contributed by atoms with Crippen molar-refractivity contribution in [2.24, 2.45) is 5.92 Å². The van der Waals surface area contributed by atoms with Crippen LogP contribution in [0.4, 0.5) is 5.69 Å². The van der Waals surface area contributed by atoms with Crippen molar-refractivity contribution in [3.63, 3.8) is 0 Å². The highest BCUT2D eigenvalue weighted by molar-refractivity contribution is 5.85. The zero-order chi connectivity index (χ0) is 11.7. The average molecular weight is 217 g/mol. The normalized spacial score (nSPS) is 13.2. The summed E-state index contributed by atoms with van der Waals surface area (Å²) < 4.78 is 5.74. The van der Waals surface area contributed by atoms with Gasteiger partial charge in [-0.05, 0) is 37.5 Å². The summed E-state index contributed by atoms with van der Waals surface area (Å²) in [4.78, 5) is 0. The van der Waals surface area contributed by atoms with Gasteiger partial charge in [0.15, 0.2) is 0 Å². The van der Waals surface area contributed by atoms with Crippen LogP contribution in [0, 0.1) is 12.8 Å². The van der Waals surface area contributed by atoms with Gasteiger partial charge in [-0.25, -0.2) is 0 Å². The first-order chi connectivity index (χ1) is 7.61. The summed E-state index contributed by atoms with van der Waals surface area (Å²) >= 11 is 0. The summed E-state index contributed by atoms with van der Waals surface area (Å²) in [5.74, 6) is 1.71. The topological polar surface area (TPSA) is 39.2 Å². The number of nitrogens with two attached hydrogens (primary N) is 1. The number of nitrogen functional groups attached to an aromatic ring is 1. The second kappa shape index (κ2) is 4.20. The Kier molecular flexibility index (Phi) is 2.90. The van der Waals surface area contributed by atoms with Crippen molar-refractivity contribution < 1.29 is 4.42 Å². The van der Waals surface area contributed by atoms with Crippen LogP contribution in [0.3, 0.4) is 0 Å². The number of benzene rings is 1. The number of anilines is 1. The molecule has 0 saturated carbocycles. The third-order valence-electron chi connectivity index (χ3n) is 3.27. The van der Waals surface area contributed by atoms with Gasteiger partial charge in [-0.1, -0.05) is 20.3 Å². The van der Waals surface area contributed by atoms with E-state index in [1.54, 1.807) is 0 Å². The van der Waals surface area contributed by atoms with Crippen LogP contribution in [-0.4, -0.2) is 0 Å². The molecule has 0 aliphatic rings. The van der Waals surface area contributed by atoms with E-state index in [1.165, 1.54) is 17.4 Å². The Morgan fingerprint density at radius 2 is 2.12 bits per heavy atom. The van der Waals surface area contributed by atoms with Crippen molar-refractivity contribution in [3.05, 3.63) is 29.5 Å². The zero-order valence-electron chi connectivity index (χ0n) is 10.2. The van der Waals surface area contributed by atoms with Crippen molar-refractivity contribution in [2.75, 3.05) is 5.73 Å². The molecule has 0 fully saturated rings. The number of hydrogen-bond acceptors (Lipinski definition) is 2. The summed E-state index contributed by atoms with van der Waals surface area (Å²) in [5, 5.41) is 1.18. The van der Waals surface area contributed by atoms with Gasteiger partial charge in [0.05, 0.1) is 0 Å². The van der Waals surface area contributed by atoms with E-state index >= 15 is 0 Å². The van der Waals surface area contributed by atoms with Crippen molar-refractivity contribution in [2.45, 2.75) is 33.6 Å². The Morgan fingerprint density at radius 3 is 2.81 bits per heavy atom. The lowest BCUT2D eigenvalue weighted by Gasteiger charge is -2.07. The first-order valence-corrected chi connectivity index (χ1v) is 5.89. The van der Waals surface area contributed by atoms with Gasteiger partial charge < -0.3 is 10.2 Å². The van der Waals surface area contributed by atoms with Crippen LogP contribution in [0.5, 0.6) is 0 Å². The van der Waals surface area contributed by atoms with E-state index in [-0.39, 0.29) is 0 Å². The van der Waals surface area contributed by atoms with E-state index in [1.807, 2.05) is 25.1 Å². The third-order valence-corrected chi connectivity index (χ3v) is 3.27. The highest BCUT2D eigenvalue weighted by atomic mass is 16.3. The fourth-order valence-corrected chi connectivity index (χ4v) is 2.04. The van der Waals surface area contributed by atoms with Crippen LogP contribution in [0.1, 0.15) is 31.6 Å². The minimum atomic E-state index is 0.681. The first kappa shape index (κ1) is 11.1. The number of hydrogen-bond donors (Lipinski definition) is 1. The maximum atomic E-state index is 5.82. The highest BCUT2D eigenvalue weighted by Crippen LogP contribution is 2.29. The van der Waals surface area contributed by atoms with Crippen LogP contribution in [0.15, 0.2) is 22.6 Å². The zero-order valence-corrected chi connectivity index (χ0v) is 10.2. The molecule has 1 aromatic heterocycles. The summed E-state index contributed by atoms with van der Waals surface area (Å²) in [7, 11) is 0. The standard InChI is InChI=1S/C14H19NO/c1-4-9(2)7-12-10(3)16-14-6-5-11(15)8-13(12)14/h5-6,8-9H,4,7,15H2,1-3H3. The molecule has 0 aliphatic heterocycles. The molecule has 0 bridgehead atoms. The van der Waals surface area contributed by atoms with Gasteiger partial charge in [0.25, 0.3) is 0 Å². The summed E-state index contributed by atoms with van der Waals surface area (Å²) in [5.41, 5.74) is 8.89. The van der Waals surface area contributed by atoms with Crippen LogP contribution < -0.4 is 5.73 Å². The average Bonchev–Trinajstić information content (AvgIpc) is 2.55. The quantitative estimate of drug-likeness (QED) is 0.792. The maximum absolute atomic E-state index is 5.82. The molecule has 0 radical (unpaired) electrons. The molecular formula is C14H19NO. The van der Waals surface area contributed by atoms with Gasteiger partial charge in [-0.2, -0.15) is 0 Å². The van der Waals surface area contributed by atoms with Gasteiger partial charge in [-0.15, -0.1) is 0 Å². The molecule has 0 aliphatic carbocycles. The Bertz CT molecular complexity index is 499. The van der Waals surface area contributed by atoms with Crippen molar-refractivity contribution in [1.82, 2.24) is 0 Å². The molecule has 2 nitrogen and oxygen atoms in total. The van der Waals surface area contributed by atoms with E-state index in [0.29, 0.717) is 5.92 Å². The predicted octanol–water partition coefficient (Wildman–Crippen LogP) is 3.91. The molecule has 1 unspecified atom stereocenters. The highest BCUT2D eigenvalue weighted by Gasteiger charge is 2.13. The SMILES string of the molecule is CCC(C)Cc1c(C)oc2ccc(N)cc12. The van der Waals surface area contributed by atoms with Crippen LogP contribution >= 0.6 is 0 Å². The molecule has 1 aromatic carbocycles. The van der Waals surface area contributed by atoms with Gasteiger partial charge in [0, 0.05) is 16.6 Å². The lowest BCUT2D eigenvalue weighted by molar-refractivity contribution is 0.534. The number of aryl methyl sites for hydroxylation is 1. The Hall–Kier alpha value is -1.44. The number of fused-ring (bicyclic) bond motifs is 1. The van der Waals surface area contributed by atoms with Crippen LogP contribution in [-0.2, 0) is 6.42 Å².